The molecule has 1 saturated heterocycles. The van der Waals surface area contributed by atoms with Crippen molar-refractivity contribution in [2.24, 2.45) is 5.41 Å². The van der Waals surface area contributed by atoms with Crippen molar-refractivity contribution >= 4 is 5.91 Å². The molecule has 1 saturated carbocycles. The highest BCUT2D eigenvalue weighted by Gasteiger charge is 2.55. The van der Waals surface area contributed by atoms with Gasteiger partial charge in [0.25, 0.3) is 0 Å². The van der Waals surface area contributed by atoms with Gasteiger partial charge in [0, 0.05) is 43.7 Å². The average Bonchev–Trinajstić information content (AvgIpc) is 2.94. The Hall–Kier alpha value is -1.40. The van der Waals surface area contributed by atoms with Gasteiger partial charge in [-0.05, 0) is 12.8 Å². The van der Waals surface area contributed by atoms with Crippen LogP contribution in [-0.4, -0.2) is 55.9 Å². The summed E-state index contributed by atoms with van der Waals surface area (Å²) in [7, 11) is 0. The molecule has 1 aromatic rings. The summed E-state index contributed by atoms with van der Waals surface area (Å²) in [5, 5.41) is 19.8. The number of aliphatic hydroxyl groups is 2. The number of rotatable bonds is 3. The van der Waals surface area contributed by atoms with Crippen molar-refractivity contribution in [3.05, 3.63) is 18.2 Å². The maximum atomic E-state index is 12.4. The van der Waals surface area contributed by atoms with E-state index in [1.54, 1.807) is 6.20 Å². The Labute approximate surface area is 124 Å². The quantitative estimate of drug-likeness (QED) is 0.833. The molecule has 1 aromatic heterocycles. The number of carbonyl (C=O) groups excluding carboxylic acids is 1. The van der Waals surface area contributed by atoms with Crippen molar-refractivity contribution in [2.45, 2.75) is 51.4 Å². The molecule has 3 rings (SSSR count). The first-order valence-corrected chi connectivity index (χ1v) is 7.70. The third-order valence-electron chi connectivity index (χ3n) is 5.24. The molecule has 1 spiro atoms. The Morgan fingerprint density at radius 1 is 1.38 bits per heavy atom. The number of likely N-dealkylation sites (tertiary alicyclic amines) is 1. The van der Waals surface area contributed by atoms with Crippen LogP contribution in [0.15, 0.2) is 12.4 Å². The van der Waals surface area contributed by atoms with Crippen LogP contribution in [0.1, 0.15) is 32.0 Å². The van der Waals surface area contributed by atoms with Gasteiger partial charge in [-0.1, -0.05) is 6.92 Å². The Kier molecular flexibility index (Phi) is 3.75. The summed E-state index contributed by atoms with van der Waals surface area (Å²) in [6.45, 7) is 3.57. The zero-order valence-corrected chi connectivity index (χ0v) is 12.4. The molecule has 1 aliphatic carbocycles. The number of aliphatic hydroxyl groups excluding tert-OH is 2. The molecule has 2 N–H and O–H groups in total. The minimum Gasteiger partial charge on any atom is -0.392 e. The summed E-state index contributed by atoms with van der Waals surface area (Å²) < 4.78 is 1.89. The molecule has 0 unspecified atom stereocenters. The maximum absolute atomic E-state index is 12.4. The molecule has 0 aromatic carbocycles. The minimum atomic E-state index is -0.412. The van der Waals surface area contributed by atoms with Crippen molar-refractivity contribution < 1.29 is 15.0 Å². The van der Waals surface area contributed by atoms with Crippen molar-refractivity contribution in [1.82, 2.24) is 14.5 Å². The highest BCUT2D eigenvalue weighted by Crippen LogP contribution is 2.49. The fourth-order valence-corrected chi connectivity index (χ4v) is 3.63. The molecule has 0 bridgehead atoms. The molecular weight excluding hydrogens is 270 g/mol. The summed E-state index contributed by atoms with van der Waals surface area (Å²) in [5.41, 5.74) is -0.361. The zero-order valence-electron chi connectivity index (χ0n) is 12.4. The predicted molar refractivity (Wildman–Crippen MR) is 76.5 cm³/mol. The van der Waals surface area contributed by atoms with Gasteiger partial charge >= 0.3 is 0 Å². The summed E-state index contributed by atoms with van der Waals surface area (Å²) >= 11 is 0. The van der Waals surface area contributed by atoms with E-state index in [0.717, 1.165) is 12.2 Å². The fraction of sp³-hybridized carbons (Fsp3) is 0.733. The van der Waals surface area contributed by atoms with E-state index in [1.165, 1.54) is 0 Å². The van der Waals surface area contributed by atoms with Gasteiger partial charge in [0.1, 0.15) is 12.4 Å². The van der Waals surface area contributed by atoms with Gasteiger partial charge in [0.2, 0.25) is 5.91 Å². The van der Waals surface area contributed by atoms with Crippen LogP contribution >= 0.6 is 0 Å². The first-order chi connectivity index (χ1) is 10.1. The Bertz CT molecular complexity index is 510. The van der Waals surface area contributed by atoms with Crippen molar-refractivity contribution in [1.29, 1.82) is 0 Å². The smallest absolute Gasteiger partial charge is 0.242 e. The molecule has 116 valence electrons. The molecule has 21 heavy (non-hydrogen) atoms. The van der Waals surface area contributed by atoms with Crippen molar-refractivity contribution in [3.63, 3.8) is 0 Å². The summed E-state index contributed by atoms with van der Waals surface area (Å²) in [6.07, 6.45) is 5.39. The molecule has 6 heteroatoms. The lowest BCUT2D eigenvalue weighted by Gasteiger charge is -2.55. The van der Waals surface area contributed by atoms with Gasteiger partial charge in [-0.15, -0.1) is 0 Å². The monoisotopic (exact) mass is 293 g/mol. The van der Waals surface area contributed by atoms with Crippen LogP contribution in [0.3, 0.4) is 0 Å². The topological polar surface area (TPSA) is 78.6 Å². The van der Waals surface area contributed by atoms with Crippen molar-refractivity contribution in [2.75, 3.05) is 13.1 Å². The molecule has 2 atom stereocenters. The molecule has 6 nitrogen and oxygen atoms in total. The number of imidazole rings is 1. The largest absolute Gasteiger partial charge is 0.392 e. The number of nitrogens with zero attached hydrogens (tertiary/aromatic N) is 3. The van der Waals surface area contributed by atoms with Gasteiger partial charge in [0.05, 0.1) is 12.2 Å². The van der Waals surface area contributed by atoms with Crippen LogP contribution in [0.4, 0.5) is 0 Å². The lowest BCUT2D eigenvalue weighted by Crippen LogP contribution is -2.62. The SMILES string of the molecule is CCc1nccn1CC(=O)N1CCC2(CC1)[C@H](O)C[C@@H]2O. The Balaban J connectivity index is 1.58. The predicted octanol–water partition coefficient (Wildman–Crippen LogP) is 0.180. The summed E-state index contributed by atoms with van der Waals surface area (Å²) in [5.74, 6) is 1.00. The minimum absolute atomic E-state index is 0.0841. The van der Waals surface area contributed by atoms with E-state index < -0.39 is 12.2 Å². The van der Waals surface area contributed by atoms with E-state index in [0.29, 0.717) is 38.9 Å². The number of hydrogen-bond acceptors (Lipinski definition) is 4. The second kappa shape index (κ2) is 5.42. The van der Waals surface area contributed by atoms with Crippen molar-refractivity contribution in [3.8, 4) is 0 Å². The molecule has 2 aliphatic rings. The third kappa shape index (κ3) is 2.36. The van der Waals surface area contributed by atoms with Crippen LogP contribution < -0.4 is 0 Å². The van der Waals surface area contributed by atoms with Crippen LogP contribution in [0, 0.1) is 5.41 Å². The Morgan fingerprint density at radius 2 is 2.05 bits per heavy atom. The van der Waals surface area contributed by atoms with Crippen LogP contribution in [-0.2, 0) is 17.8 Å². The lowest BCUT2D eigenvalue weighted by atomic mass is 9.58. The van der Waals surface area contributed by atoms with Crippen LogP contribution in [0.5, 0.6) is 0 Å². The molecule has 0 radical (unpaired) electrons. The fourth-order valence-electron chi connectivity index (χ4n) is 3.63. The van der Waals surface area contributed by atoms with Gasteiger partial charge in [0.15, 0.2) is 0 Å². The number of amides is 1. The second-order valence-electron chi connectivity index (χ2n) is 6.21. The number of piperidine rings is 1. The van der Waals surface area contributed by atoms with Gasteiger partial charge in [-0.2, -0.15) is 0 Å². The van der Waals surface area contributed by atoms with E-state index in [1.807, 2.05) is 22.6 Å². The first-order valence-electron chi connectivity index (χ1n) is 7.70. The third-order valence-corrected chi connectivity index (χ3v) is 5.24. The number of hydrogen-bond donors (Lipinski definition) is 2. The Morgan fingerprint density at radius 3 is 2.62 bits per heavy atom. The number of aryl methyl sites for hydroxylation is 1. The molecular formula is C15H23N3O3. The summed E-state index contributed by atoms with van der Waals surface area (Å²) in [4.78, 5) is 18.4. The van der Waals surface area contributed by atoms with E-state index >= 15 is 0 Å². The first kappa shape index (κ1) is 14.5. The lowest BCUT2D eigenvalue weighted by molar-refractivity contribution is -0.191. The second-order valence-corrected chi connectivity index (χ2v) is 6.21. The maximum Gasteiger partial charge on any atom is 0.242 e. The van der Waals surface area contributed by atoms with E-state index in [4.69, 9.17) is 0 Å². The molecule has 1 amide bonds. The van der Waals surface area contributed by atoms with E-state index in [2.05, 4.69) is 4.98 Å². The van der Waals surface area contributed by atoms with Gasteiger partial charge in [-0.25, -0.2) is 4.98 Å². The number of aromatic nitrogens is 2. The standard InChI is InChI=1S/C15H23N3O3/c1-2-13-16-5-8-18(13)10-14(21)17-6-3-15(4-7-17)11(19)9-12(15)20/h5,8,11-12,19-20H,2-4,6-7,9-10H2,1H3/t11-,12+. The van der Waals surface area contributed by atoms with Crippen LogP contribution in [0.2, 0.25) is 0 Å². The van der Waals surface area contributed by atoms with E-state index in [9.17, 15) is 15.0 Å². The normalized spacial score (nSPS) is 27.7. The van der Waals surface area contributed by atoms with Crippen LogP contribution in [0.25, 0.3) is 0 Å². The summed E-state index contributed by atoms with van der Waals surface area (Å²) in [6, 6.07) is 0. The molecule has 2 fully saturated rings. The van der Waals surface area contributed by atoms with Gasteiger partial charge < -0.3 is 19.7 Å². The molecule has 2 heterocycles. The highest BCUT2D eigenvalue weighted by atomic mass is 16.3. The number of carbonyl (C=O) groups is 1. The highest BCUT2D eigenvalue weighted by molar-refractivity contribution is 5.76. The zero-order chi connectivity index (χ0) is 15.0. The average molecular weight is 293 g/mol. The van der Waals surface area contributed by atoms with Gasteiger partial charge in [-0.3, -0.25) is 4.79 Å². The van der Waals surface area contributed by atoms with E-state index in [-0.39, 0.29) is 11.3 Å². The molecule has 1 aliphatic heterocycles.